The quantitative estimate of drug-likeness (QED) is 0.328. The summed E-state index contributed by atoms with van der Waals surface area (Å²) in [5, 5.41) is 16.3. The Hall–Kier alpha value is -4.17. The molecule has 11 heteroatoms. The Kier molecular flexibility index (Phi) is 6.67. The Morgan fingerprint density at radius 2 is 1.89 bits per heavy atom. The maximum atomic E-state index is 13.3. The van der Waals surface area contributed by atoms with E-state index >= 15 is 0 Å². The molecule has 37 heavy (non-hydrogen) atoms. The van der Waals surface area contributed by atoms with Crippen LogP contribution in [0, 0.1) is 11.3 Å². The molecule has 1 atom stereocenters. The lowest BCUT2D eigenvalue weighted by molar-refractivity contribution is -0.137. The molecule has 0 saturated carbocycles. The van der Waals surface area contributed by atoms with Crippen LogP contribution in [0.25, 0.3) is 22.3 Å². The van der Waals surface area contributed by atoms with E-state index in [1.807, 2.05) is 37.3 Å². The molecule has 0 aliphatic carbocycles. The number of aromatic amines is 1. The van der Waals surface area contributed by atoms with Crippen LogP contribution >= 0.6 is 0 Å². The van der Waals surface area contributed by atoms with Crippen molar-refractivity contribution in [3.05, 3.63) is 65.6 Å². The van der Waals surface area contributed by atoms with Gasteiger partial charge in [0.05, 0.1) is 29.1 Å². The minimum Gasteiger partial charge on any atom is -0.490 e. The van der Waals surface area contributed by atoms with Crippen LogP contribution in [0.2, 0.25) is 0 Å². The van der Waals surface area contributed by atoms with Crippen molar-refractivity contribution >= 4 is 17.0 Å². The molecule has 0 bridgehead atoms. The zero-order valence-corrected chi connectivity index (χ0v) is 19.9. The number of benzene rings is 1. The van der Waals surface area contributed by atoms with E-state index < -0.39 is 11.7 Å². The van der Waals surface area contributed by atoms with E-state index in [0.29, 0.717) is 5.56 Å². The molecule has 0 unspecified atom stereocenters. The lowest BCUT2D eigenvalue weighted by atomic mass is 10.1. The molecule has 5 rings (SSSR count). The number of alkyl halides is 3. The van der Waals surface area contributed by atoms with E-state index in [9.17, 15) is 18.4 Å². The fourth-order valence-corrected chi connectivity index (χ4v) is 4.31. The molecule has 0 radical (unpaired) electrons. The minimum atomic E-state index is -4.55. The van der Waals surface area contributed by atoms with Gasteiger partial charge in [0.1, 0.15) is 23.6 Å². The van der Waals surface area contributed by atoms with E-state index in [0.717, 1.165) is 49.5 Å². The second kappa shape index (κ2) is 10.1. The third-order valence-corrected chi connectivity index (χ3v) is 6.34. The van der Waals surface area contributed by atoms with Crippen molar-refractivity contribution in [2.75, 3.05) is 18.4 Å². The van der Waals surface area contributed by atoms with Crippen LogP contribution in [0.3, 0.4) is 0 Å². The lowest BCUT2D eigenvalue weighted by Crippen LogP contribution is -2.34. The summed E-state index contributed by atoms with van der Waals surface area (Å²) < 4.78 is 45.9. The topological polar surface area (TPSA) is 112 Å². The Morgan fingerprint density at radius 1 is 1.14 bits per heavy atom. The number of pyridine rings is 1. The number of anilines is 1. The van der Waals surface area contributed by atoms with Crippen molar-refractivity contribution in [3.63, 3.8) is 0 Å². The van der Waals surface area contributed by atoms with Gasteiger partial charge in [0.15, 0.2) is 0 Å². The van der Waals surface area contributed by atoms with E-state index in [1.54, 1.807) is 0 Å². The Bertz CT molecular complexity index is 1440. The Morgan fingerprint density at radius 3 is 2.59 bits per heavy atom. The maximum absolute atomic E-state index is 13.3. The van der Waals surface area contributed by atoms with Crippen LogP contribution in [0.15, 0.2) is 48.9 Å². The first kappa shape index (κ1) is 24.5. The molecular weight excluding hydrogens is 483 g/mol. The van der Waals surface area contributed by atoms with Crippen LogP contribution < -0.4 is 15.4 Å². The highest BCUT2D eigenvalue weighted by Crippen LogP contribution is 2.35. The van der Waals surface area contributed by atoms with Gasteiger partial charge in [-0.2, -0.15) is 18.4 Å². The highest BCUT2D eigenvalue weighted by molar-refractivity contribution is 5.94. The van der Waals surface area contributed by atoms with Crippen molar-refractivity contribution in [1.29, 1.82) is 5.26 Å². The van der Waals surface area contributed by atoms with Crippen LogP contribution in [-0.2, 0) is 6.18 Å². The zero-order chi connectivity index (χ0) is 26.0. The van der Waals surface area contributed by atoms with Crippen molar-refractivity contribution in [2.45, 2.75) is 38.1 Å². The number of ether oxygens (including phenoxy) is 1. The number of hydrogen-bond donors (Lipinski definition) is 3. The molecular formula is C26H24F3N7O. The van der Waals surface area contributed by atoms with E-state index in [2.05, 4.69) is 30.6 Å². The molecule has 1 aliphatic heterocycles. The predicted octanol–water partition coefficient (Wildman–Crippen LogP) is 5.21. The van der Waals surface area contributed by atoms with Gasteiger partial charge in [0.25, 0.3) is 0 Å². The first-order chi connectivity index (χ1) is 17.8. The molecule has 8 nitrogen and oxygen atoms in total. The summed E-state index contributed by atoms with van der Waals surface area (Å²) in [6.07, 6.45) is 1.23. The number of nitriles is 1. The molecule has 1 aliphatic rings. The van der Waals surface area contributed by atoms with Crippen molar-refractivity contribution in [2.24, 2.45) is 0 Å². The predicted molar refractivity (Wildman–Crippen MR) is 132 cm³/mol. The number of halogens is 3. The second-order valence-electron chi connectivity index (χ2n) is 8.89. The summed E-state index contributed by atoms with van der Waals surface area (Å²) in [7, 11) is 0. The number of rotatable bonds is 6. The molecule has 190 valence electrons. The summed E-state index contributed by atoms with van der Waals surface area (Å²) in [6.45, 7) is 3.85. The third-order valence-electron chi connectivity index (χ3n) is 6.34. The average Bonchev–Trinajstić information content (AvgIpc) is 3.32. The van der Waals surface area contributed by atoms with Crippen molar-refractivity contribution < 1.29 is 17.9 Å². The first-order valence-electron chi connectivity index (χ1n) is 11.9. The van der Waals surface area contributed by atoms with E-state index in [1.165, 1.54) is 12.4 Å². The Labute approximate surface area is 210 Å². The standard InChI is InChI=1S/C26H24F3N7O/c1-15(16-2-4-19(5-3-16)37-20-6-8-31-9-7-20)35-25-34-12-17(11-30)23(36-25)22-14-33-24-21(22)10-18(13-32-24)26(27,28)29/h2-5,10,12-15,20,31H,6-9H2,1H3,(H,32,33)(H,34,35,36)/t15-/m1/s1. The van der Waals surface area contributed by atoms with Crippen LogP contribution in [0.4, 0.5) is 19.1 Å². The van der Waals surface area contributed by atoms with Gasteiger partial charge in [-0.3, -0.25) is 0 Å². The van der Waals surface area contributed by atoms with E-state index in [-0.39, 0.29) is 40.4 Å². The molecule has 1 aromatic carbocycles. The van der Waals surface area contributed by atoms with Crippen LogP contribution in [0.5, 0.6) is 5.75 Å². The van der Waals surface area contributed by atoms with Gasteiger partial charge in [0.2, 0.25) is 5.95 Å². The molecule has 3 N–H and O–H groups in total. The van der Waals surface area contributed by atoms with Gasteiger partial charge in [-0.25, -0.2) is 15.0 Å². The molecule has 1 saturated heterocycles. The summed E-state index contributed by atoms with van der Waals surface area (Å²) in [4.78, 5) is 15.4. The summed E-state index contributed by atoms with van der Waals surface area (Å²) in [5.41, 5.74) is 1.04. The van der Waals surface area contributed by atoms with Crippen LogP contribution in [-0.4, -0.2) is 39.1 Å². The molecule has 4 heterocycles. The molecule has 4 aromatic rings. The van der Waals surface area contributed by atoms with Gasteiger partial charge >= 0.3 is 6.18 Å². The largest absolute Gasteiger partial charge is 0.490 e. The number of aromatic nitrogens is 4. The zero-order valence-electron chi connectivity index (χ0n) is 19.9. The summed E-state index contributed by atoms with van der Waals surface area (Å²) in [6, 6.07) is 10.6. The number of nitrogens with one attached hydrogen (secondary N) is 3. The van der Waals surface area contributed by atoms with Gasteiger partial charge in [0, 0.05) is 23.3 Å². The molecule has 0 spiro atoms. The van der Waals surface area contributed by atoms with Crippen LogP contribution in [0.1, 0.15) is 42.5 Å². The number of hydrogen-bond acceptors (Lipinski definition) is 7. The first-order valence-corrected chi connectivity index (χ1v) is 11.9. The monoisotopic (exact) mass is 507 g/mol. The van der Waals surface area contributed by atoms with Gasteiger partial charge < -0.3 is 20.4 Å². The normalized spacial score (nSPS) is 15.3. The highest BCUT2D eigenvalue weighted by atomic mass is 19.4. The summed E-state index contributed by atoms with van der Waals surface area (Å²) >= 11 is 0. The number of H-pyrrole nitrogens is 1. The molecule has 1 fully saturated rings. The van der Waals surface area contributed by atoms with Crippen molar-refractivity contribution in [3.8, 4) is 23.1 Å². The summed E-state index contributed by atoms with van der Waals surface area (Å²) in [5.74, 6) is 1.05. The van der Waals surface area contributed by atoms with Gasteiger partial charge in [-0.05, 0) is 56.6 Å². The SMILES string of the molecule is C[C@@H](Nc1ncc(C#N)c(-c2c[nH]c3ncc(C(F)(F)F)cc23)n1)c1ccc(OC2CCNCC2)cc1. The number of fused-ring (bicyclic) bond motifs is 1. The smallest absolute Gasteiger partial charge is 0.417 e. The molecule has 3 aromatic heterocycles. The minimum absolute atomic E-state index is 0.135. The fraction of sp³-hybridized carbons (Fsp3) is 0.308. The average molecular weight is 508 g/mol. The van der Waals surface area contributed by atoms with Crippen molar-refractivity contribution in [1.82, 2.24) is 25.3 Å². The maximum Gasteiger partial charge on any atom is 0.417 e. The number of piperidine rings is 1. The fourth-order valence-electron chi connectivity index (χ4n) is 4.31. The lowest BCUT2D eigenvalue weighted by Gasteiger charge is -2.24. The highest BCUT2D eigenvalue weighted by Gasteiger charge is 2.31. The number of nitrogens with zero attached hydrogens (tertiary/aromatic N) is 4. The Balaban J connectivity index is 1.38. The molecule has 0 amide bonds. The van der Waals surface area contributed by atoms with Gasteiger partial charge in [-0.15, -0.1) is 0 Å². The third kappa shape index (κ3) is 5.34. The van der Waals surface area contributed by atoms with E-state index in [4.69, 9.17) is 4.74 Å². The second-order valence-corrected chi connectivity index (χ2v) is 8.89. The van der Waals surface area contributed by atoms with Gasteiger partial charge in [-0.1, -0.05) is 12.1 Å².